The summed E-state index contributed by atoms with van der Waals surface area (Å²) in [6, 6.07) is 4.79. The first-order chi connectivity index (χ1) is 8.88. The van der Waals surface area contributed by atoms with E-state index < -0.39 is 0 Å². The topological polar surface area (TPSA) is 43.0 Å². The average Bonchev–Trinajstić information content (AvgIpc) is 2.90. The van der Waals surface area contributed by atoms with Gasteiger partial charge in [0.1, 0.15) is 5.76 Å². The van der Waals surface area contributed by atoms with Crippen LogP contribution in [0.2, 0.25) is 0 Å². The molecule has 0 aliphatic heterocycles. The van der Waals surface area contributed by atoms with Crippen molar-refractivity contribution in [3.63, 3.8) is 0 Å². The lowest BCUT2D eigenvalue weighted by atomic mass is 10.2. The molecule has 0 radical (unpaired) electrons. The van der Waals surface area contributed by atoms with Crippen molar-refractivity contribution in [1.82, 2.24) is 15.1 Å². The third-order valence-corrected chi connectivity index (χ3v) is 3.30. The van der Waals surface area contributed by atoms with Gasteiger partial charge in [-0.2, -0.15) is 5.10 Å². The lowest BCUT2D eigenvalue weighted by molar-refractivity contribution is 0.482. The molecular formula is C14H19N3O. The Morgan fingerprint density at radius 1 is 1.44 bits per heavy atom. The van der Waals surface area contributed by atoms with Gasteiger partial charge in [-0.1, -0.05) is 6.92 Å². The molecule has 4 heteroatoms. The first-order valence-corrected chi connectivity index (χ1v) is 6.70. The van der Waals surface area contributed by atoms with Gasteiger partial charge in [-0.05, 0) is 31.4 Å². The summed E-state index contributed by atoms with van der Waals surface area (Å²) in [6.07, 6.45) is 7.30. The molecule has 18 heavy (non-hydrogen) atoms. The molecule has 0 spiro atoms. The van der Waals surface area contributed by atoms with Crippen molar-refractivity contribution >= 4 is 0 Å². The van der Waals surface area contributed by atoms with E-state index in [1.165, 1.54) is 12.8 Å². The Hall–Kier alpha value is -1.55. The van der Waals surface area contributed by atoms with Gasteiger partial charge in [0.05, 0.1) is 18.5 Å². The number of aryl methyl sites for hydroxylation is 1. The van der Waals surface area contributed by atoms with E-state index in [4.69, 9.17) is 4.42 Å². The van der Waals surface area contributed by atoms with Crippen molar-refractivity contribution in [3.8, 4) is 11.3 Å². The van der Waals surface area contributed by atoms with E-state index in [2.05, 4.69) is 23.4 Å². The van der Waals surface area contributed by atoms with E-state index >= 15 is 0 Å². The average molecular weight is 245 g/mol. The van der Waals surface area contributed by atoms with Gasteiger partial charge < -0.3 is 9.73 Å². The summed E-state index contributed by atoms with van der Waals surface area (Å²) in [6.45, 7) is 3.92. The largest absolute Gasteiger partial charge is 0.467 e. The lowest BCUT2D eigenvalue weighted by Gasteiger charge is -2.07. The van der Waals surface area contributed by atoms with Crippen LogP contribution in [0.1, 0.15) is 31.9 Å². The molecule has 2 aromatic rings. The monoisotopic (exact) mass is 245 g/mol. The first kappa shape index (κ1) is 11.5. The van der Waals surface area contributed by atoms with E-state index in [0.717, 1.165) is 36.5 Å². The molecule has 96 valence electrons. The van der Waals surface area contributed by atoms with Gasteiger partial charge in [0.25, 0.3) is 0 Å². The van der Waals surface area contributed by atoms with Crippen LogP contribution in [0.3, 0.4) is 0 Å². The minimum atomic E-state index is 0.698. The van der Waals surface area contributed by atoms with Crippen molar-refractivity contribution < 1.29 is 4.42 Å². The van der Waals surface area contributed by atoms with Gasteiger partial charge in [0, 0.05) is 24.3 Å². The van der Waals surface area contributed by atoms with Crippen molar-refractivity contribution in [2.75, 3.05) is 0 Å². The van der Waals surface area contributed by atoms with E-state index in [9.17, 15) is 0 Å². The second-order valence-corrected chi connectivity index (χ2v) is 4.85. The van der Waals surface area contributed by atoms with Crippen LogP contribution in [-0.2, 0) is 13.1 Å². The Morgan fingerprint density at radius 2 is 2.33 bits per heavy atom. The van der Waals surface area contributed by atoms with Crippen LogP contribution >= 0.6 is 0 Å². The maximum atomic E-state index is 5.60. The van der Waals surface area contributed by atoms with Crippen LogP contribution in [0.25, 0.3) is 11.3 Å². The second-order valence-electron chi connectivity index (χ2n) is 4.85. The van der Waals surface area contributed by atoms with Crippen LogP contribution in [0.4, 0.5) is 0 Å². The molecule has 0 atom stereocenters. The smallest absolute Gasteiger partial charge is 0.126 e. The SMILES string of the molecule is CCCn1nccc1-c1ccoc1CNC1CC1. The summed E-state index contributed by atoms with van der Waals surface area (Å²) in [7, 11) is 0. The van der Waals surface area contributed by atoms with Crippen LogP contribution in [0, 0.1) is 0 Å². The molecule has 3 rings (SSSR count). The van der Waals surface area contributed by atoms with E-state index in [0.29, 0.717) is 6.04 Å². The normalized spacial score (nSPS) is 15.2. The zero-order valence-corrected chi connectivity index (χ0v) is 10.7. The number of rotatable bonds is 6. The molecule has 0 saturated heterocycles. The third kappa shape index (κ3) is 2.34. The van der Waals surface area contributed by atoms with E-state index in [1.54, 1.807) is 6.26 Å². The van der Waals surface area contributed by atoms with Gasteiger partial charge >= 0.3 is 0 Å². The summed E-state index contributed by atoms with van der Waals surface area (Å²) in [5.41, 5.74) is 2.31. The van der Waals surface area contributed by atoms with Crippen molar-refractivity contribution in [2.24, 2.45) is 0 Å². The van der Waals surface area contributed by atoms with E-state index in [-0.39, 0.29) is 0 Å². The van der Waals surface area contributed by atoms with Crippen LogP contribution in [-0.4, -0.2) is 15.8 Å². The Bertz CT molecular complexity index is 511. The minimum Gasteiger partial charge on any atom is -0.467 e. The van der Waals surface area contributed by atoms with Crippen molar-refractivity contribution in [3.05, 3.63) is 30.4 Å². The lowest BCUT2D eigenvalue weighted by Crippen LogP contribution is -2.15. The fourth-order valence-electron chi connectivity index (χ4n) is 2.18. The van der Waals surface area contributed by atoms with Gasteiger partial charge in [-0.25, -0.2) is 0 Å². The standard InChI is InChI=1S/C14H19N3O/c1-2-8-17-13(5-7-16-17)12-6-9-18-14(12)10-15-11-3-4-11/h5-7,9,11,15H,2-4,8,10H2,1H3. The van der Waals surface area contributed by atoms with Crippen LogP contribution in [0.5, 0.6) is 0 Å². The summed E-state index contributed by atoms with van der Waals surface area (Å²) in [4.78, 5) is 0. The number of hydrogen-bond acceptors (Lipinski definition) is 3. The zero-order valence-electron chi connectivity index (χ0n) is 10.7. The molecule has 1 N–H and O–H groups in total. The molecule has 1 aliphatic carbocycles. The highest BCUT2D eigenvalue weighted by molar-refractivity contribution is 5.61. The molecule has 1 fully saturated rings. The Morgan fingerprint density at radius 3 is 3.11 bits per heavy atom. The summed E-state index contributed by atoms with van der Waals surface area (Å²) < 4.78 is 7.64. The Labute approximate surface area is 107 Å². The molecule has 0 aromatic carbocycles. The molecule has 1 aliphatic rings. The van der Waals surface area contributed by atoms with Gasteiger partial charge in [0.15, 0.2) is 0 Å². The zero-order chi connectivity index (χ0) is 12.4. The van der Waals surface area contributed by atoms with Crippen LogP contribution < -0.4 is 5.32 Å². The van der Waals surface area contributed by atoms with Crippen LogP contribution in [0.15, 0.2) is 29.0 Å². The Balaban J connectivity index is 1.81. The molecule has 0 amide bonds. The number of nitrogens with zero attached hydrogens (tertiary/aromatic N) is 2. The predicted molar refractivity (Wildman–Crippen MR) is 70.1 cm³/mol. The number of aromatic nitrogens is 2. The summed E-state index contributed by atoms with van der Waals surface area (Å²) in [5.74, 6) is 1.01. The summed E-state index contributed by atoms with van der Waals surface area (Å²) in [5, 5.41) is 7.85. The maximum Gasteiger partial charge on any atom is 0.126 e. The van der Waals surface area contributed by atoms with Gasteiger partial charge in [-0.15, -0.1) is 0 Å². The van der Waals surface area contributed by atoms with Gasteiger partial charge in [-0.3, -0.25) is 4.68 Å². The molecular weight excluding hydrogens is 226 g/mol. The number of furan rings is 1. The molecule has 0 unspecified atom stereocenters. The molecule has 1 saturated carbocycles. The highest BCUT2D eigenvalue weighted by Crippen LogP contribution is 2.26. The summed E-state index contributed by atoms with van der Waals surface area (Å²) >= 11 is 0. The number of hydrogen-bond donors (Lipinski definition) is 1. The molecule has 4 nitrogen and oxygen atoms in total. The van der Waals surface area contributed by atoms with E-state index in [1.807, 2.05) is 16.9 Å². The molecule has 2 heterocycles. The third-order valence-electron chi connectivity index (χ3n) is 3.30. The maximum absolute atomic E-state index is 5.60. The number of nitrogens with one attached hydrogen (secondary N) is 1. The van der Waals surface area contributed by atoms with Crippen molar-refractivity contribution in [2.45, 2.75) is 45.3 Å². The molecule has 0 bridgehead atoms. The van der Waals surface area contributed by atoms with Crippen molar-refractivity contribution in [1.29, 1.82) is 0 Å². The molecule has 2 aromatic heterocycles. The highest BCUT2D eigenvalue weighted by atomic mass is 16.3. The first-order valence-electron chi connectivity index (χ1n) is 6.70. The Kier molecular flexibility index (Phi) is 3.19. The fraction of sp³-hybridized carbons (Fsp3) is 0.500. The highest BCUT2D eigenvalue weighted by Gasteiger charge is 2.21. The minimum absolute atomic E-state index is 0.698. The second kappa shape index (κ2) is 4.98. The fourth-order valence-corrected chi connectivity index (χ4v) is 2.18. The quantitative estimate of drug-likeness (QED) is 0.851. The predicted octanol–water partition coefficient (Wildman–Crippen LogP) is 2.81. The van der Waals surface area contributed by atoms with Gasteiger partial charge in [0.2, 0.25) is 0 Å².